The van der Waals surface area contributed by atoms with Crippen LogP contribution in [-0.2, 0) is 0 Å². The van der Waals surface area contributed by atoms with Crippen LogP contribution in [0.1, 0.15) is 10.4 Å². The van der Waals surface area contributed by atoms with Crippen LogP contribution in [0.5, 0.6) is 0 Å². The zero-order valence-electron chi connectivity index (χ0n) is 13.0. The van der Waals surface area contributed by atoms with Gasteiger partial charge >= 0.3 is 0 Å². The lowest BCUT2D eigenvalue weighted by Gasteiger charge is -2.33. The van der Waals surface area contributed by atoms with Gasteiger partial charge in [0, 0.05) is 30.7 Å². The van der Waals surface area contributed by atoms with Crippen molar-refractivity contribution in [1.82, 2.24) is 9.88 Å². The van der Waals surface area contributed by atoms with Crippen molar-refractivity contribution >= 4 is 33.3 Å². The highest BCUT2D eigenvalue weighted by molar-refractivity contribution is 9.10. The quantitative estimate of drug-likeness (QED) is 0.897. The Morgan fingerprint density at radius 2 is 1.87 bits per heavy atom. The average molecular weight is 375 g/mol. The van der Waals surface area contributed by atoms with Crippen LogP contribution in [-0.4, -0.2) is 49.0 Å². The summed E-state index contributed by atoms with van der Waals surface area (Å²) in [6.07, 6.45) is 1.82. The lowest BCUT2D eigenvalue weighted by molar-refractivity contribution is 0.102. The molecule has 6 heteroatoms. The van der Waals surface area contributed by atoms with Gasteiger partial charge in [0.25, 0.3) is 5.91 Å². The Morgan fingerprint density at radius 3 is 2.52 bits per heavy atom. The molecular formula is C17H19BrN4O. The summed E-state index contributed by atoms with van der Waals surface area (Å²) in [7, 11) is 2.13. The first-order valence-electron chi connectivity index (χ1n) is 7.59. The van der Waals surface area contributed by atoms with E-state index in [0.29, 0.717) is 11.4 Å². The molecule has 1 fully saturated rings. The Kier molecular flexibility index (Phi) is 4.93. The van der Waals surface area contributed by atoms with Gasteiger partial charge in [-0.05, 0) is 47.2 Å². The minimum Gasteiger partial charge on any atom is -0.368 e. The lowest BCUT2D eigenvalue weighted by atomic mass is 10.2. The van der Waals surface area contributed by atoms with Gasteiger partial charge in [0.1, 0.15) is 5.82 Å². The topological polar surface area (TPSA) is 48.5 Å². The fourth-order valence-electron chi connectivity index (χ4n) is 2.54. The molecular weight excluding hydrogens is 356 g/mol. The van der Waals surface area contributed by atoms with Crippen molar-refractivity contribution in [3.8, 4) is 0 Å². The fraction of sp³-hybridized carbons (Fsp3) is 0.294. The Labute approximate surface area is 144 Å². The molecule has 1 aromatic heterocycles. The smallest absolute Gasteiger partial charge is 0.257 e. The van der Waals surface area contributed by atoms with E-state index in [-0.39, 0.29) is 5.91 Å². The summed E-state index contributed by atoms with van der Waals surface area (Å²) >= 11 is 3.39. The molecule has 2 aromatic rings. The van der Waals surface area contributed by atoms with Crippen molar-refractivity contribution in [3.05, 3.63) is 52.6 Å². The number of likely N-dealkylation sites (N-methyl/N-ethyl adjacent to an activating group) is 1. The van der Waals surface area contributed by atoms with E-state index >= 15 is 0 Å². The van der Waals surface area contributed by atoms with E-state index in [2.05, 4.69) is 43.1 Å². The first kappa shape index (κ1) is 16.0. The molecule has 0 radical (unpaired) electrons. The van der Waals surface area contributed by atoms with Gasteiger partial charge in [-0.25, -0.2) is 4.98 Å². The molecule has 0 saturated carbocycles. The molecule has 1 aliphatic rings. The predicted octanol–water partition coefficient (Wildman–Crippen LogP) is 2.85. The molecule has 5 nitrogen and oxygen atoms in total. The maximum absolute atomic E-state index is 12.3. The third-order valence-corrected chi connectivity index (χ3v) is 4.67. The molecule has 0 bridgehead atoms. The number of piperazine rings is 1. The SMILES string of the molecule is CN1CCN(c2ccc(NC(=O)c3ccccc3Br)nc2)CC1. The van der Waals surface area contributed by atoms with Crippen molar-refractivity contribution < 1.29 is 4.79 Å². The molecule has 1 N–H and O–H groups in total. The average Bonchev–Trinajstić information content (AvgIpc) is 2.57. The molecule has 23 heavy (non-hydrogen) atoms. The third kappa shape index (κ3) is 3.89. The molecule has 1 saturated heterocycles. The Bertz CT molecular complexity index is 681. The number of aromatic nitrogens is 1. The highest BCUT2D eigenvalue weighted by atomic mass is 79.9. The number of nitrogens with zero attached hydrogens (tertiary/aromatic N) is 3. The Morgan fingerprint density at radius 1 is 1.13 bits per heavy atom. The molecule has 0 spiro atoms. The second kappa shape index (κ2) is 7.10. The fourth-order valence-corrected chi connectivity index (χ4v) is 3.01. The second-order valence-corrected chi connectivity index (χ2v) is 6.48. The van der Waals surface area contributed by atoms with Gasteiger partial charge < -0.3 is 15.1 Å². The molecule has 0 aliphatic carbocycles. The number of anilines is 2. The maximum atomic E-state index is 12.3. The minimum atomic E-state index is -0.169. The van der Waals surface area contributed by atoms with Crippen LogP contribution in [0.15, 0.2) is 47.1 Å². The van der Waals surface area contributed by atoms with Crippen LogP contribution >= 0.6 is 15.9 Å². The summed E-state index contributed by atoms with van der Waals surface area (Å²) in [5.74, 6) is 0.390. The normalized spacial score (nSPS) is 15.5. The summed E-state index contributed by atoms with van der Waals surface area (Å²) in [5, 5.41) is 2.83. The predicted molar refractivity (Wildman–Crippen MR) is 96.0 cm³/mol. The van der Waals surface area contributed by atoms with E-state index in [1.54, 1.807) is 6.07 Å². The van der Waals surface area contributed by atoms with Crippen molar-refractivity contribution in [2.45, 2.75) is 0 Å². The van der Waals surface area contributed by atoms with Gasteiger partial charge in [0.2, 0.25) is 0 Å². The number of hydrogen-bond donors (Lipinski definition) is 1. The van der Waals surface area contributed by atoms with Gasteiger partial charge in [0.15, 0.2) is 0 Å². The largest absolute Gasteiger partial charge is 0.368 e. The number of hydrogen-bond acceptors (Lipinski definition) is 4. The van der Waals surface area contributed by atoms with Crippen LogP contribution < -0.4 is 10.2 Å². The number of nitrogens with one attached hydrogen (secondary N) is 1. The molecule has 1 amide bonds. The Hall–Kier alpha value is -1.92. The molecule has 120 valence electrons. The highest BCUT2D eigenvalue weighted by Crippen LogP contribution is 2.19. The lowest BCUT2D eigenvalue weighted by Crippen LogP contribution is -2.44. The van der Waals surface area contributed by atoms with E-state index < -0.39 is 0 Å². The third-order valence-electron chi connectivity index (χ3n) is 3.98. The number of benzene rings is 1. The van der Waals surface area contributed by atoms with E-state index in [0.717, 1.165) is 36.3 Å². The van der Waals surface area contributed by atoms with Crippen molar-refractivity contribution in [2.75, 3.05) is 43.4 Å². The monoisotopic (exact) mass is 374 g/mol. The first-order valence-corrected chi connectivity index (χ1v) is 8.38. The van der Waals surface area contributed by atoms with Gasteiger partial charge in [-0.3, -0.25) is 4.79 Å². The summed E-state index contributed by atoms with van der Waals surface area (Å²) in [5.41, 5.74) is 1.69. The summed E-state index contributed by atoms with van der Waals surface area (Å²) in [4.78, 5) is 21.3. The van der Waals surface area contributed by atoms with Gasteiger partial charge in [0.05, 0.1) is 17.4 Å². The molecule has 1 aromatic carbocycles. The summed E-state index contributed by atoms with van der Waals surface area (Å²) in [6, 6.07) is 11.2. The highest BCUT2D eigenvalue weighted by Gasteiger charge is 2.15. The summed E-state index contributed by atoms with van der Waals surface area (Å²) < 4.78 is 0.770. The van der Waals surface area contributed by atoms with Gasteiger partial charge in [-0.15, -0.1) is 0 Å². The minimum absolute atomic E-state index is 0.169. The Balaban J connectivity index is 1.66. The van der Waals surface area contributed by atoms with Crippen LogP contribution in [0.4, 0.5) is 11.5 Å². The van der Waals surface area contributed by atoms with Crippen LogP contribution in [0.25, 0.3) is 0 Å². The zero-order valence-corrected chi connectivity index (χ0v) is 14.6. The van der Waals surface area contributed by atoms with E-state index in [9.17, 15) is 4.79 Å². The molecule has 0 atom stereocenters. The van der Waals surface area contributed by atoms with Crippen molar-refractivity contribution in [1.29, 1.82) is 0 Å². The molecule has 2 heterocycles. The number of rotatable bonds is 3. The number of pyridine rings is 1. The van der Waals surface area contributed by atoms with Crippen LogP contribution in [0, 0.1) is 0 Å². The summed E-state index contributed by atoms with van der Waals surface area (Å²) in [6.45, 7) is 4.11. The molecule has 3 rings (SSSR count). The molecule has 1 aliphatic heterocycles. The van der Waals surface area contributed by atoms with Crippen molar-refractivity contribution in [2.24, 2.45) is 0 Å². The number of halogens is 1. The van der Waals surface area contributed by atoms with E-state index in [1.165, 1.54) is 0 Å². The standard InChI is InChI=1S/C17H19BrN4O/c1-21-8-10-22(11-9-21)13-6-7-16(19-12-13)20-17(23)14-4-2-3-5-15(14)18/h2-7,12H,8-11H2,1H3,(H,19,20,23). The van der Waals surface area contributed by atoms with Gasteiger partial charge in [-0.2, -0.15) is 0 Å². The van der Waals surface area contributed by atoms with Crippen LogP contribution in [0.3, 0.4) is 0 Å². The van der Waals surface area contributed by atoms with Crippen molar-refractivity contribution in [3.63, 3.8) is 0 Å². The van der Waals surface area contributed by atoms with E-state index in [4.69, 9.17) is 0 Å². The number of amides is 1. The number of carbonyl (C=O) groups is 1. The number of carbonyl (C=O) groups excluding carboxylic acids is 1. The van der Waals surface area contributed by atoms with Gasteiger partial charge in [-0.1, -0.05) is 12.1 Å². The maximum Gasteiger partial charge on any atom is 0.257 e. The van der Waals surface area contributed by atoms with Crippen LogP contribution in [0.2, 0.25) is 0 Å². The van der Waals surface area contributed by atoms with E-state index in [1.807, 2.05) is 36.5 Å². The molecule has 0 unspecified atom stereocenters. The second-order valence-electron chi connectivity index (χ2n) is 5.63. The zero-order chi connectivity index (χ0) is 16.2. The first-order chi connectivity index (χ1) is 11.1.